The first-order valence-electron chi connectivity index (χ1n) is 7.98. The van der Waals surface area contributed by atoms with Gasteiger partial charge in [0.15, 0.2) is 6.19 Å². The predicted octanol–water partition coefficient (Wildman–Crippen LogP) is 2.08. The molecule has 0 saturated carbocycles. The molecule has 22 heavy (non-hydrogen) atoms. The molecule has 2 saturated heterocycles. The van der Waals surface area contributed by atoms with Crippen LogP contribution < -0.4 is 0 Å². The molecule has 0 aromatic heterocycles. The monoisotopic (exact) mass is 298 g/mol. The number of rotatable bonds is 3. The minimum atomic E-state index is 0.125. The average Bonchev–Trinajstić information content (AvgIpc) is 2.96. The Balaban J connectivity index is 1.57. The second-order valence-electron chi connectivity index (χ2n) is 6.07. The standard InChI is InChI=1S/C17H22N4O/c1-2-21(16-8-9-19(12-16)13-18)17(22)20-10-15(11-20)14-6-4-3-5-7-14/h3-7,15-16H,2,8-12H2,1H3/t16-/m1/s1. The Morgan fingerprint density at radius 1 is 1.32 bits per heavy atom. The SMILES string of the molecule is CCN(C(=O)N1CC(c2ccccc2)C1)[C@@H]1CCN(C#N)C1. The second kappa shape index (κ2) is 6.27. The van der Waals surface area contributed by atoms with Crippen molar-refractivity contribution in [3.8, 4) is 6.19 Å². The molecular formula is C17H22N4O. The highest BCUT2D eigenvalue weighted by molar-refractivity contribution is 5.76. The van der Waals surface area contributed by atoms with Crippen LogP contribution in [-0.2, 0) is 0 Å². The number of hydrogen-bond acceptors (Lipinski definition) is 3. The molecule has 1 atom stereocenters. The van der Waals surface area contributed by atoms with Gasteiger partial charge in [-0.1, -0.05) is 30.3 Å². The minimum absolute atomic E-state index is 0.125. The molecule has 0 radical (unpaired) electrons. The molecule has 5 nitrogen and oxygen atoms in total. The van der Waals surface area contributed by atoms with Crippen molar-refractivity contribution >= 4 is 6.03 Å². The molecule has 1 aromatic rings. The van der Waals surface area contributed by atoms with Crippen LogP contribution in [0.2, 0.25) is 0 Å². The van der Waals surface area contributed by atoms with Crippen molar-refractivity contribution < 1.29 is 4.79 Å². The summed E-state index contributed by atoms with van der Waals surface area (Å²) in [5.41, 5.74) is 1.31. The van der Waals surface area contributed by atoms with E-state index in [0.717, 1.165) is 26.1 Å². The van der Waals surface area contributed by atoms with Crippen LogP contribution in [0.25, 0.3) is 0 Å². The van der Waals surface area contributed by atoms with Crippen LogP contribution in [0.4, 0.5) is 4.79 Å². The summed E-state index contributed by atoms with van der Waals surface area (Å²) in [4.78, 5) is 18.3. The largest absolute Gasteiger partial charge is 0.323 e. The van der Waals surface area contributed by atoms with Gasteiger partial charge in [-0.3, -0.25) is 0 Å². The zero-order valence-corrected chi connectivity index (χ0v) is 13.0. The van der Waals surface area contributed by atoms with Gasteiger partial charge in [0.1, 0.15) is 0 Å². The topological polar surface area (TPSA) is 50.6 Å². The van der Waals surface area contributed by atoms with Crippen molar-refractivity contribution in [3.05, 3.63) is 35.9 Å². The van der Waals surface area contributed by atoms with Crippen LogP contribution in [0.1, 0.15) is 24.8 Å². The van der Waals surface area contributed by atoms with Crippen molar-refractivity contribution in [1.29, 1.82) is 5.26 Å². The van der Waals surface area contributed by atoms with E-state index in [0.29, 0.717) is 19.0 Å². The van der Waals surface area contributed by atoms with Crippen LogP contribution >= 0.6 is 0 Å². The van der Waals surface area contributed by atoms with E-state index in [9.17, 15) is 4.79 Å². The fourth-order valence-corrected chi connectivity index (χ4v) is 3.39. The zero-order chi connectivity index (χ0) is 15.5. The van der Waals surface area contributed by atoms with Crippen LogP contribution in [0, 0.1) is 11.5 Å². The van der Waals surface area contributed by atoms with Gasteiger partial charge in [0, 0.05) is 38.6 Å². The van der Waals surface area contributed by atoms with Crippen LogP contribution in [0.5, 0.6) is 0 Å². The summed E-state index contributed by atoms with van der Waals surface area (Å²) in [6.45, 7) is 5.75. The summed E-state index contributed by atoms with van der Waals surface area (Å²) >= 11 is 0. The first-order valence-corrected chi connectivity index (χ1v) is 7.98. The number of carbonyl (C=O) groups is 1. The maximum Gasteiger partial charge on any atom is 0.320 e. The molecule has 116 valence electrons. The van der Waals surface area contributed by atoms with Gasteiger partial charge < -0.3 is 14.7 Å². The number of hydrogen-bond donors (Lipinski definition) is 0. The summed E-state index contributed by atoms with van der Waals surface area (Å²) in [7, 11) is 0. The van der Waals surface area contributed by atoms with Crippen molar-refractivity contribution in [2.24, 2.45) is 0 Å². The quantitative estimate of drug-likeness (QED) is 0.803. The van der Waals surface area contributed by atoms with Crippen LogP contribution in [0.15, 0.2) is 30.3 Å². The molecule has 2 aliphatic heterocycles. The Labute approximate surface area is 131 Å². The van der Waals surface area contributed by atoms with E-state index in [-0.39, 0.29) is 12.1 Å². The van der Waals surface area contributed by atoms with E-state index in [1.54, 1.807) is 4.90 Å². The number of likely N-dealkylation sites (tertiary alicyclic amines) is 2. The molecule has 0 N–H and O–H groups in total. The molecule has 1 aromatic carbocycles. The highest BCUT2D eigenvalue weighted by Gasteiger charge is 2.37. The highest BCUT2D eigenvalue weighted by Crippen LogP contribution is 2.28. The molecule has 5 heteroatoms. The Morgan fingerprint density at radius 2 is 2.05 bits per heavy atom. The summed E-state index contributed by atoms with van der Waals surface area (Å²) < 4.78 is 0. The van der Waals surface area contributed by atoms with Crippen molar-refractivity contribution in [2.75, 3.05) is 32.7 Å². The summed E-state index contributed by atoms with van der Waals surface area (Å²) in [5.74, 6) is 0.461. The zero-order valence-electron chi connectivity index (χ0n) is 13.0. The van der Waals surface area contributed by atoms with E-state index in [4.69, 9.17) is 5.26 Å². The highest BCUT2D eigenvalue weighted by atomic mass is 16.2. The molecule has 2 heterocycles. The van der Waals surface area contributed by atoms with Crippen LogP contribution in [0.3, 0.4) is 0 Å². The van der Waals surface area contributed by atoms with E-state index >= 15 is 0 Å². The second-order valence-corrected chi connectivity index (χ2v) is 6.07. The number of nitrogens with zero attached hydrogens (tertiary/aromatic N) is 4. The van der Waals surface area contributed by atoms with Gasteiger partial charge in [0.2, 0.25) is 0 Å². The normalized spacial score (nSPS) is 21.4. The van der Waals surface area contributed by atoms with Crippen molar-refractivity contribution in [2.45, 2.75) is 25.3 Å². The van der Waals surface area contributed by atoms with Gasteiger partial charge >= 0.3 is 6.03 Å². The predicted molar refractivity (Wildman–Crippen MR) is 84.1 cm³/mol. The van der Waals surface area contributed by atoms with E-state index in [2.05, 4.69) is 18.3 Å². The third-order valence-corrected chi connectivity index (χ3v) is 4.76. The van der Waals surface area contributed by atoms with Gasteiger partial charge in [-0.15, -0.1) is 0 Å². The molecule has 2 fully saturated rings. The lowest BCUT2D eigenvalue weighted by Crippen LogP contribution is -2.56. The van der Waals surface area contributed by atoms with E-state index < -0.39 is 0 Å². The van der Waals surface area contributed by atoms with E-state index in [1.165, 1.54) is 5.56 Å². The van der Waals surface area contributed by atoms with Crippen molar-refractivity contribution in [1.82, 2.24) is 14.7 Å². The smallest absolute Gasteiger partial charge is 0.320 e. The fraction of sp³-hybridized carbons (Fsp3) is 0.529. The first-order chi connectivity index (χ1) is 10.7. The van der Waals surface area contributed by atoms with Crippen LogP contribution in [-0.4, -0.2) is 59.5 Å². The molecule has 0 unspecified atom stereocenters. The van der Waals surface area contributed by atoms with Gasteiger partial charge in [0.05, 0.1) is 6.04 Å². The summed E-state index contributed by atoms with van der Waals surface area (Å²) in [5, 5.41) is 8.97. The van der Waals surface area contributed by atoms with Gasteiger partial charge in [0.25, 0.3) is 0 Å². The molecule has 0 aliphatic carbocycles. The maximum absolute atomic E-state index is 12.7. The number of nitriles is 1. The van der Waals surface area contributed by atoms with Gasteiger partial charge in [-0.25, -0.2) is 4.79 Å². The maximum atomic E-state index is 12.7. The molecular weight excluding hydrogens is 276 g/mol. The third-order valence-electron chi connectivity index (χ3n) is 4.76. The van der Waals surface area contributed by atoms with Gasteiger partial charge in [-0.2, -0.15) is 5.26 Å². The Morgan fingerprint density at radius 3 is 2.64 bits per heavy atom. The molecule has 2 aliphatic rings. The summed E-state index contributed by atoms with van der Waals surface area (Å²) in [6, 6.07) is 10.7. The number of benzene rings is 1. The molecule has 0 bridgehead atoms. The number of urea groups is 1. The Bertz CT molecular complexity index is 562. The summed E-state index contributed by atoms with van der Waals surface area (Å²) in [6.07, 6.45) is 3.07. The lowest BCUT2D eigenvalue weighted by molar-refractivity contribution is 0.103. The number of carbonyl (C=O) groups excluding carboxylic acids is 1. The molecule has 0 spiro atoms. The van der Waals surface area contributed by atoms with Crippen molar-refractivity contribution in [3.63, 3.8) is 0 Å². The van der Waals surface area contributed by atoms with E-state index in [1.807, 2.05) is 34.9 Å². The number of amides is 2. The van der Waals surface area contributed by atoms with Gasteiger partial charge in [-0.05, 0) is 18.9 Å². The lowest BCUT2D eigenvalue weighted by Gasteiger charge is -2.43. The first kappa shape index (κ1) is 14.7. The lowest BCUT2D eigenvalue weighted by atomic mass is 9.92. The Hall–Kier alpha value is -2.22. The minimum Gasteiger partial charge on any atom is -0.323 e. The fourth-order valence-electron chi connectivity index (χ4n) is 3.39. The number of likely N-dealkylation sites (N-methyl/N-ethyl adjacent to an activating group) is 1. The molecule has 2 amide bonds. The molecule has 3 rings (SSSR count). The Kier molecular flexibility index (Phi) is 4.19. The average molecular weight is 298 g/mol. The third kappa shape index (κ3) is 2.74.